The summed E-state index contributed by atoms with van der Waals surface area (Å²) in [6.07, 6.45) is 1.51. The molecule has 2 aromatic heterocycles. The van der Waals surface area contributed by atoms with Crippen LogP contribution in [0, 0.1) is 32.0 Å². The fourth-order valence-corrected chi connectivity index (χ4v) is 9.71. The lowest BCUT2D eigenvalue weighted by Crippen LogP contribution is -2.59. The van der Waals surface area contributed by atoms with Crippen molar-refractivity contribution in [2.45, 2.75) is 79.1 Å². The number of carbonyl (C=O) groups excluding carboxylic acids is 6. The van der Waals surface area contributed by atoms with Gasteiger partial charge in [-0.1, -0.05) is 45.0 Å². The molecule has 7 rings (SSSR count). The standard InChI is InChI=1S/C49H61FN10O7S/c1-28-38(22-36-35-20-33(50)12-13-37(35)56-45(36)64)55-29(2)42(28)47(66)51-14-7-15-58-16-18-59(19-17-58)26-41(63)52-24-40(62)57-44(49(4,5)6)48(67)60-25-34(61)21-39(60)46(65)53-23-31-8-10-32(11-9-31)43-30(3)54-27-68-43/h8-13,20,22,27,34,39,44,55,61H,7,14-19,21,23-26H2,1-6H3,(H,51,66)(H,52,63)(H,53,65)(H,56,64)(H,57,62)/b36-22-/t34-,39+,44-/m1/s1. The molecule has 7 N–H and O–H groups in total. The Morgan fingerprint density at radius 3 is 2.38 bits per heavy atom. The van der Waals surface area contributed by atoms with E-state index < -0.39 is 47.1 Å². The first-order valence-corrected chi connectivity index (χ1v) is 23.8. The van der Waals surface area contributed by atoms with Gasteiger partial charge in [-0.25, -0.2) is 9.37 Å². The molecular formula is C49H61FN10O7S. The molecule has 3 aliphatic heterocycles. The van der Waals surface area contributed by atoms with E-state index >= 15 is 0 Å². The molecule has 3 atom stereocenters. The zero-order valence-electron chi connectivity index (χ0n) is 39.4. The van der Waals surface area contributed by atoms with Gasteiger partial charge >= 0.3 is 0 Å². The third-order valence-corrected chi connectivity index (χ3v) is 13.7. The van der Waals surface area contributed by atoms with Crippen molar-refractivity contribution in [3.8, 4) is 10.4 Å². The van der Waals surface area contributed by atoms with Gasteiger partial charge in [-0.2, -0.15) is 0 Å². The number of anilines is 1. The van der Waals surface area contributed by atoms with Crippen LogP contribution in [0.4, 0.5) is 10.1 Å². The minimum Gasteiger partial charge on any atom is -0.391 e. The lowest BCUT2D eigenvalue weighted by Gasteiger charge is -2.35. The van der Waals surface area contributed by atoms with Crippen LogP contribution in [0.25, 0.3) is 22.1 Å². The van der Waals surface area contributed by atoms with Crippen LogP contribution in [0.15, 0.2) is 48.0 Å². The highest BCUT2D eigenvalue weighted by atomic mass is 32.1. The number of hydrogen-bond acceptors (Lipinski definition) is 11. The molecule has 2 fully saturated rings. The summed E-state index contributed by atoms with van der Waals surface area (Å²) >= 11 is 1.56. The van der Waals surface area contributed by atoms with Crippen molar-refractivity contribution in [1.29, 1.82) is 0 Å². The van der Waals surface area contributed by atoms with Gasteiger partial charge in [-0.05, 0) is 80.1 Å². The number of halogens is 1. The minimum atomic E-state index is -1.03. The number of nitrogens with zero attached hydrogens (tertiary/aromatic N) is 4. The number of hydrogen-bond donors (Lipinski definition) is 7. The molecule has 2 aromatic carbocycles. The van der Waals surface area contributed by atoms with Gasteiger partial charge in [0, 0.05) is 74.9 Å². The SMILES string of the molecule is Cc1ncsc1-c1ccc(CNC(=O)[C@@H]2C[C@@H](O)CN2C(=O)[C@@H](NC(=O)CNC(=O)CN2CCN(CCCNC(=O)c3c(C)[nH]c(/C=C4\C(=O)Nc5ccc(F)cc54)c3C)CC2)C(C)(C)C)cc1. The molecule has 17 nitrogen and oxygen atoms in total. The number of H-pyrrole nitrogens is 1. The first kappa shape index (κ1) is 49.6. The second kappa shape index (κ2) is 21.3. The van der Waals surface area contributed by atoms with Crippen molar-refractivity contribution in [3.05, 3.63) is 93.1 Å². The number of aromatic amines is 1. The molecule has 0 radical (unpaired) electrons. The van der Waals surface area contributed by atoms with Gasteiger partial charge in [0.25, 0.3) is 11.8 Å². The average molecular weight is 953 g/mol. The third-order valence-electron chi connectivity index (χ3n) is 12.7. The topological polar surface area (TPSA) is 221 Å². The maximum atomic E-state index is 14.0. The summed E-state index contributed by atoms with van der Waals surface area (Å²) in [6.45, 7) is 14.8. The van der Waals surface area contributed by atoms with E-state index in [-0.39, 0.29) is 50.3 Å². The van der Waals surface area contributed by atoms with Crippen molar-refractivity contribution < 1.29 is 38.3 Å². The van der Waals surface area contributed by atoms with Gasteiger partial charge in [-0.3, -0.25) is 33.7 Å². The number of carbonyl (C=O) groups is 6. The van der Waals surface area contributed by atoms with Crippen molar-refractivity contribution in [2.75, 3.05) is 64.2 Å². The second-order valence-corrected chi connectivity index (χ2v) is 19.7. The Labute approximate surface area is 399 Å². The number of fused-ring (bicyclic) bond motifs is 1. The number of aromatic nitrogens is 2. The van der Waals surface area contributed by atoms with E-state index in [1.54, 1.807) is 57.5 Å². The Morgan fingerprint density at radius 1 is 0.971 bits per heavy atom. The first-order valence-electron chi connectivity index (χ1n) is 22.9. The van der Waals surface area contributed by atoms with Crippen LogP contribution in [0.3, 0.4) is 0 Å². The van der Waals surface area contributed by atoms with E-state index in [1.807, 2.05) is 36.1 Å². The van der Waals surface area contributed by atoms with Gasteiger partial charge in [0.15, 0.2) is 0 Å². The van der Waals surface area contributed by atoms with Crippen LogP contribution in [0.1, 0.15) is 77.7 Å². The van der Waals surface area contributed by atoms with Crippen molar-refractivity contribution in [3.63, 3.8) is 0 Å². The lowest BCUT2D eigenvalue weighted by atomic mass is 9.85. The number of nitrogens with one attached hydrogen (secondary N) is 6. The van der Waals surface area contributed by atoms with Crippen molar-refractivity contribution in [1.82, 2.24) is 45.9 Å². The summed E-state index contributed by atoms with van der Waals surface area (Å²) in [7, 11) is 0. The number of aliphatic hydroxyl groups is 1. The number of aliphatic hydroxyl groups excluding tert-OH is 1. The van der Waals surface area contributed by atoms with Crippen molar-refractivity contribution in [2.24, 2.45) is 5.41 Å². The number of aryl methyl sites for hydroxylation is 2. The van der Waals surface area contributed by atoms with Gasteiger partial charge in [0.2, 0.25) is 23.6 Å². The Bertz CT molecular complexity index is 2580. The Kier molecular flexibility index (Phi) is 15.6. The molecule has 19 heteroatoms. The molecule has 6 amide bonds. The highest BCUT2D eigenvalue weighted by Gasteiger charge is 2.44. The predicted molar refractivity (Wildman–Crippen MR) is 258 cm³/mol. The molecule has 0 bridgehead atoms. The molecule has 362 valence electrons. The van der Waals surface area contributed by atoms with Crippen molar-refractivity contribution >= 4 is 64.1 Å². The molecule has 4 aromatic rings. The fraction of sp³-hybridized carbons (Fsp3) is 0.449. The zero-order valence-corrected chi connectivity index (χ0v) is 40.2. The molecule has 2 saturated heterocycles. The number of thiazole rings is 1. The van der Waals surface area contributed by atoms with Crippen LogP contribution in [-0.2, 0) is 30.5 Å². The summed E-state index contributed by atoms with van der Waals surface area (Å²) in [5.74, 6) is -2.80. The average Bonchev–Trinajstić information content (AvgIpc) is 4.06. The number of amides is 6. The van der Waals surface area contributed by atoms with Crippen LogP contribution in [0.2, 0.25) is 0 Å². The molecule has 68 heavy (non-hydrogen) atoms. The normalized spacial score (nSPS) is 18.6. The molecule has 0 spiro atoms. The minimum absolute atomic E-state index is 0.0528. The molecule has 3 aliphatic rings. The van der Waals surface area contributed by atoms with E-state index in [0.717, 1.165) is 41.3 Å². The number of rotatable bonds is 16. The van der Waals surface area contributed by atoms with E-state index in [4.69, 9.17) is 0 Å². The van der Waals surface area contributed by atoms with Gasteiger partial charge < -0.3 is 46.5 Å². The van der Waals surface area contributed by atoms with E-state index in [0.29, 0.717) is 65.4 Å². The Balaban J connectivity index is 0.810. The van der Waals surface area contributed by atoms with Crippen LogP contribution >= 0.6 is 11.3 Å². The summed E-state index contributed by atoms with van der Waals surface area (Å²) in [5, 5.41) is 24.7. The van der Waals surface area contributed by atoms with E-state index in [1.165, 1.54) is 23.1 Å². The highest BCUT2D eigenvalue weighted by Crippen LogP contribution is 2.35. The fourth-order valence-electron chi connectivity index (χ4n) is 8.90. The molecule has 0 saturated carbocycles. The summed E-state index contributed by atoms with van der Waals surface area (Å²) in [5.41, 5.74) is 7.65. The largest absolute Gasteiger partial charge is 0.391 e. The summed E-state index contributed by atoms with van der Waals surface area (Å²) in [4.78, 5) is 93.7. The molecule has 5 heterocycles. The van der Waals surface area contributed by atoms with Crippen LogP contribution < -0.4 is 26.6 Å². The number of β-amino-alcohol motifs (C(OH)–C–C–N with tert-alkyl or cyclic N) is 1. The second-order valence-electron chi connectivity index (χ2n) is 18.8. The Hall–Kier alpha value is -6.28. The summed E-state index contributed by atoms with van der Waals surface area (Å²) in [6, 6.07) is 9.97. The first-order chi connectivity index (χ1) is 32.4. The highest BCUT2D eigenvalue weighted by molar-refractivity contribution is 7.13. The van der Waals surface area contributed by atoms with E-state index in [9.17, 15) is 38.3 Å². The Morgan fingerprint density at radius 2 is 1.69 bits per heavy atom. The van der Waals surface area contributed by atoms with Gasteiger partial charge in [-0.15, -0.1) is 11.3 Å². The quantitative estimate of drug-likeness (QED) is 0.0642. The number of benzene rings is 2. The monoisotopic (exact) mass is 952 g/mol. The zero-order chi connectivity index (χ0) is 48.9. The predicted octanol–water partition coefficient (Wildman–Crippen LogP) is 3.36. The summed E-state index contributed by atoms with van der Waals surface area (Å²) < 4.78 is 14.0. The van der Waals surface area contributed by atoms with E-state index in [2.05, 4.69) is 41.5 Å². The van der Waals surface area contributed by atoms with Crippen LogP contribution in [0.5, 0.6) is 0 Å². The molecule has 0 aliphatic carbocycles. The smallest absolute Gasteiger partial charge is 0.256 e. The maximum Gasteiger partial charge on any atom is 0.256 e. The lowest BCUT2D eigenvalue weighted by molar-refractivity contribution is -0.144. The van der Waals surface area contributed by atoms with Gasteiger partial charge in [0.1, 0.15) is 17.9 Å². The number of piperazine rings is 1. The number of likely N-dealkylation sites (tertiary alicyclic amines) is 1. The van der Waals surface area contributed by atoms with Crippen LogP contribution in [-0.4, -0.2) is 142 Å². The third kappa shape index (κ3) is 11.9. The molecule has 0 unspecified atom stereocenters. The van der Waals surface area contributed by atoms with Gasteiger partial charge in [0.05, 0.1) is 46.4 Å². The maximum absolute atomic E-state index is 14.0. The molecular weight excluding hydrogens is 892 g/mol.